The highest BCUT2D eigenvalue weighted by molar-refractivity contribution is 7.21. The van der Waals surface area contributed by atoms with Gasteiger partial charge in [0.1, 0.15) is 17.8 Å². The summed E-state index contributed by atoms with van der Waals surface area (Å²) >= 11 is 1.56. The van der Waals surface area contributed by atoms with Crippen LogP contribution in [0, 0.1) is 0 Å². The molecule has 0 spiro atoms. The molecule has 3 aromatic heterocycles. The molecule has 8 nitrogen and oxygen atoms in total. The largest absolute Gasteiger partial charge is 0.453 e. The van der Waals surface area contributed by atoms with E-state index in [4.69, 9.17) is 4.42 Å². The predicted octanol–water partition coefficient (Wildman–Crippen LogP) is 3.45. The molecule has 0 radical (unpaired) electrons. The molecule has 0 bridgehead atoms. The number of benzene rings is 2. The van der Waals surface area contributed by atoms with E-state index in [0.717, 1.165) is 26.3 Å². The maximum atomic E-state index is 12.1. The monoisotopic (exact) mass is 402 g/mol. The van der Waals surface area contributed by atoms with Crippen LogP contribution in [0.25, 0.3) is 32.0 Å². The van der Waals surface area contributed by atoms with Crippen LogP contribution in [0.5, 0.6) is 0 Å². The maximum Gasteiger partial charge on any atom is 0.261 e. The summed E-state index contributed by atoms with van der Waals surface area (Å²) in [7, 11) is 0. The van der Waals surface area contributed by atoms with Gasteiger partial charge < -0.3 is 4.42 Å². The zero-order valence-electron chi connectivity index (χ0n) is 15.0. The number of hydrogen-bond donors (Lipinski definition) is 1. The van der Waals surface area contributed by atoms with Crippen molar-refractivity contribution in [3.8, 4) is 10.8 Å². The molecule has 0 saturated carbocycles. The molecule has 0 saturated heterocycles. The average molecular weight is 402 g/mol. The quantitative estimate of drug-likeness (QED) is 0.359. The predicted molar refractivity (Wildman–Crippen MR) is 111 cm³/mol. The molecule has 3 heterocycles. The highest BCUT2D eigenvalue weighted by atomic mass is 32.1. The van der Waals surface area contributed by atoms with E-state index in [9.17, 15) is 4.79 Å². The van der Waals surface area contributed by atoms with Gasteiger partial charge >= 0.3 is 0 Å². The van der Waals surface area contributed by atoms with Crippen molar-refractivity contribution in [2.45, 2.75) is 6.54 Å². The Morgan fingerprint density at radius 3 is 2.83 bits per heavy atom. The van der Waals surface area contributed by atoms with Crippen molar-refractivity contribution in [2.75, 3.05) is 0 Å². The third-order valence-corrected chi connectivity index (χ3v) is 5.28. The normalized spacial score (nSPS) is 11.6. The first kappa shape index (κ1) is 17.3. The fraction of sp³-hybridized carbons (Fsp3) is 0.0500. The lowest BCUT2D eigenvalue weighted by molar-refractivity contribution is -0.121. The summed E-state index contributed by atoms with van der Waals surface area (Å²) in [5, 5.41) is 12.8. The molecule has 0 aliphatic heterocycles. The van der Waals surface area contributed by atoms with E-state index in [-0.39, 0.29) is 12.5 Å². The third-order valence-electron chi connectivity index (χ3n) is 4.23. The van der Waals surface area contributed by atoms with Crippen LogP contribution in [0.3, 0.4) is 0 Å². The summed E-state index contributed by atoms with van der Waals surface area (Å²) in [5.41, 5.74) is 4.94. The Morgan fingerprint density at radius 2 is 1.93 bits per heavy atom. The van der Waals surface area contributed by atoms with E-state index in [1.54, 1.807) is 17.4 Å². The molecule has 5 rings (SSSR count). The highest BCUT2D eigenvalue weighted by Gasteiger charge is 2.10. The molecule has 0 atom stereocenters. The summed E-state index contributed by atoms with van der Waals surface area (Å²) < 4.78 is 8.39. The SMILES string of the molecule is O=C(Cn1nnc2ccccc21)N/N=C\c1ccc(-c2nc3ccccc3s2)o1. The number of nitrogens with zero attached hydrogens (tertiary/aromatic N) is 5. The Labute approximate surface area is 168 Å². The molecule has 5 aromatic rings. The lowest BCUT2D eigenvalue weighted by Crippen LogP contribution is -2.23. The van der Waals surface area contributed by atoms with E-state index in [1.165, 1.54) is 10.9 Å². The van der Waals surface area contributed by atoms with E-state index >= 15 is 0 Å². The van der Waals surface area contributed by atoms with Gasteiger partial charge in [-0.15, -0.1) is 16.4 Å². The van der Waals surface area contributed by atoms with Gasteiger partial charge in [0.05, 0.1) is 21.9 Å². The number of aromatic nitrogens is 4. The number of carbonyl (C=O) groups excluding carboxylic acids is 1. The first-order valence-corrected chi connectivity index (χ1v) is 9.64. The number of fused-ring (bicyclic) bond motifs is 2. The van der Waals surface area contributed by atoms with Gasteiger partial charge in [-0.05, 0) is 36.4 Å². The van der Waals surface area contributed by atoms with Crippen molar-refractivity contribution in [1.29, 1.82) is 0 Å². The van der Waals surface area contributed by atoms with Crippen molar-refractivity contribution < 1.29 is 9.21 Å². The molecule has 0 aliphatic rings. The number of thiazole rings is 1. The molecular weight excluding hydrogens is 388 g/mol. The fourth-order valence-corrected chi connectivity index (χ4v) is 3.82. The number of hydrogen-bond acceptors (Lipinski definition) is 7. The molecule has 9 heteroatoms. The summed E-state index contributed by atoms with van der Waals surface area (Å²) in [4.78, 5) is 16.7. The van der Waals surface area contributed by atoms with Crippen molar-refractivity contribution in [3.05, 3.63) is 66.4 Å². The van der Waals surface area contributed by atoms with Crippen molar-refractivity contribution >= 4 is 44.7 Å². The van der Waals surface area contributed by atoms with Gasteiger partial charge in [-0.2, -0.15) is 5.10 Å². The molecule has 0 unspecified atom stereocenters. The van der Waals surface area contributed by atoms with Gasteiger partial charge in [-0.3, -0.25) is 4.79 Å². The average Bonchev–Trinajstić information content (AvgIpc) is 3.46. The topological polar surface area (TPSA) is 98.2 Å². The molecule has 1 amide bonds. The smallest absolute Gasteiger partial charge is 0.261 e. The van der Waals surface area contributed by atoms with Crippen LogP contribution in [0.1, 0.15) is 5.76 Å². The highest BCUT2D eigenvalue weighted by Crippen LogP contribution is 2.30. The van der Waals surface area contributed by atoms with Crippen molar-refractivity contribution in [3.63, 3.8) is 0 Å². The number of rotatable bonds is 5. The van der Waals surface area contributed by atoms with Crippen LogP contribution in [0.4, 0.5) is 0 Å². The second kappa shape index (κ2) is 7.28. The third kappa shape index (κ3) is 3.50. The fourth-order valence-electron chi connectivity index (χ4n) is 2.89. The Kier molecular flexibility index (Phi) is 4.34. The van der Waals surface area contributed by atoms with E-state index in [0.29, 0.717) is 11.5 Å². The number of nitrogens with one attached hydrogen (secondary N) is 1. The van der Waals surface area contributed by atoms with E-state index in [1.807, 2.05) is 54.6 Å². The Bertz CT molecular complexity index is 1320. The lowest BCUT2D eigenvalue weighted by atomic mass is 10.3. The molecule has 2 aromatic carbocycles. The standard InChI is InChI=1S/C20H14N6O2S/c27-19(12-26-16-7-3-1-5-14(16)23-25-26)24-21-11-13-9-10-17(28-13)20-22-15-6-2-4-8-18(15)29-20/h1-11H,12H2,(H,24,27)/b21-11-. The number of amides is 1. The van der Waals surface area contributed by atoms with Gasteiger partial charge in [0, 0.05) is 0 Å². The van der Waals surface area contributed by atoms with Gasteiger partial charge in [-0.1, -0.05) is 29.5 Å². The van der Waals surface area contributed by atoms with Crippen LogP contribution < -0.4 is 5.43 Å². The van der Waals surface area contributed by atoms with Gasteiger partial charge in [0.2, 0.25) is 0 Å². The number of hydrazone groups is 1. The number of furan rings is 1. The van der Waals surface area contributed by atoms with E-state index < -0.39 is 0 Å². The van der Waals surface area contributed by atoms with Gasteiger partial charge in [-0.25, -0.2) is 15.1 Å². The summed E-state index contributed by atoms with van der Waals surface area (Å²) in [5.74, 6) is 0.869. The minimum atomic E-state index is -0.310. The Balaban J connectivity index is 1.24. The van der Waals surface area contributed by atoms with Crippen molar-refractivity contribution in [1.82, 2.24) is 25.4 Å². The molecule has 1 N–H and O–H groups in total. The minimum absolute atomic E-state index is 0.0208. The zero-order valence-corrected chi connectivity index (χ0v) is 15.8. The van der Waals surface area contributed by atoms with Crippen LogP contribution >= 0.6 is 11.3 Å². The van der Waals surface area contributed by atoms with E-state index in [2.05, 4.69) is 25.8 Å². The van der Waals surface area contributed by atoms with Gasteiger partial charge in [0.15, 0.2) is 10.8 Å². The van der Waals surface area contributed by atoms with Crippen LogP contribution in [-0.2, 0) is 11.3 Å². The molecule has 0 fully saturated rings. The zero-order chi connectivity index (χ0) is 19.6. The summed E-state index contributed by atoms with van der Waals surface area (Å²) in [6, 6.07) is 19.0. The Morgan fingerprint density at radius 1 is 1.10 bits per heavy atom. The number of carbonyl (C=O) groups is 1. The first-order valence-electron chi connectivity index (χ1n) is 8.82. The minimum Gasteiger partial charge on any atom is -0.453 e. The first-order chi connectivity index (χ1) is 14.3. The molecule has 0 aliphatic carbocycles. The molecular formula is C20H14N6O2S. The van der Waals surface area contributed by atoms with Gasteiger partial charge in [0.25, 0.3) is 5.91 Å². The summed E-state index contributed by atoms with van der Waals surface area (Å²) in [6.07, 6.45) is 1.45. The second-order valence-electron chi connectivity index (χ2n) is 6.22. The number of para-hydroxylation sites is 2. The Hall–Kier alpha value is -3.85. The maximum absolute atomic E-state index is 12.1. The second-order valence-corrected chi connectivity index (χ2v) is 7.25. The van der Waals surface area contributed by atoms with Crippen LogP contribution in [0.15, 0.2) is 70.2 Å². The lowest BCUT2D eigenvalue weighted by Gasteiger charge is -2.00. The van der Waals surface area contributed by atoms with Crippen LogP contribution in [-0.4, -0.2) is 32.1 Å². The van der Waals surface area contributed by atoms with Crippen molar-refractivity contribution in [2.24, 2.45) is 5.10 Å². The summed E-state index contributed by atoms with van der Waals surface area (Å²) in [6.45, 7) is 0.0208. The molecule has 29 heavy (non-hydrogen) atoms. The molecule has 142 valence electrons. The van der Waals surface area contributed by atoms with Crippen LogP contribution in [0.2, 0.25) is 0 Å².